The first-order valence-electron chi connectivity index (χ1n) is 9.45. The van der Waals surface area contributed by atoms with Gasteiger partial charge < -0.3 is 9.64 Å². The van der Waals surface area contributed by atoms with Crippen LogP contribution in [0.5, 0.6) is 5.88 Å². The third-order valence-electron chi connectivity index (χ3n) is 5.24. The van der Waals surface area contributed by atoms with Crippen molar-refractivity contribution in [2.45, 2.75) is 13.8 Å². The van der Waals surface area contributed by atoms with Crippen molar-refractivity contribution >= 4 is 34.6 Å². The van der Waals surface area contributed by atoms with E-state index in [0.717, 1.165) is 5.69 Å². The van der Waals surface area contributed by atoms with Gasteiger partial charge in [-0.1, -0.05) is 11.6 Å². The molecule has 2 heterocycles. The Labute approximate surface area is 184 Å². The molecule has 0 aliphatic carbocycles. The molecule has 0 radical (unpaired) electrons. The fourth-order valence-electron chi connectivity index (χ4n) is 3.71. The lowest BCUT2D eigenvalue weighted by atomic mass is 10.0. The molecule has 2 aromatic carbocycles. The molecule has 3 aromatic rings. The quantitative estimate of drug-likeness (QED) is 0.569. The van der Waals surface area contributed by atoms with Crippen molar-refractivity contribution in [1.82, 2.24) is 4.98 Å². The second kappa shape index (κ2) is 7.89. The number of aromatic nitrogens is 1. The number of nitrogens with zero attached hydrogens (tertiary/aromatic N) is 4. The molecule has 0 saturated carbocycles. The SMILES string of the molecule is COc1ccc(N2CN(c3ccc(F)cc3C)c3cc(Cl)c(C#N)cc3C2=O)c(C)n1. The first-order chi connectivity index (χ1) is 14.8. The summed E-state index contributed by atoms with van der Waals surface area (Å²) in [6.45, 7) is 3.75. The van der Waals surface area contributed by atoms with Gasteiger partial charge in [-0.3, -0.25) is 9.69 Å². The number of hydrogen-bond acceptors (Lipinski definition) is 5. The molecule has 1 aliphatic heterocycles. The van der Waals surface area contributed by atoms with Crippen molar-refractivity contribution in [3.05, 3.63) is 75.7 Å². The minimum atomic E-state index is -0.348. The number of hydrogen-bond donors (Lipinski definition) is 0. The summed E-state index contributed by atoms with van der Waals surface area (Å²) in [6, 6.07) is 13.0. The fraction of sp³-hybridized carbons (Fsp3) is 0.174. The van der Waals surface area contributed by atoms with Gasteiger partial charge in [0.2, 0.25) is 5.88 Å². The molecule has 8 heteroatoms. The molecule has 0 N–H and O–H groups in total. The Morgan fingerprint density at radius 2 is 1.84 bits per heavy atom. The summed E-state index contributed by atoms with van der Waals surface area (Å²) in [5, 5.41) is 9.66. The number of nitriles is 1. The molecule has 1 aliphatic rings. The molecule has 0 atom stereocenters. The highest BCUT2D eigenvalue weighted by molar-refractivity contribution is 6.32. The summed E-state index contributed by atoms with van der Waals surface area (Å²) in [6.07, 6.45) is 0. The molecule has 1 aromatic heterocycles. The molecule has 0 unspecified atom stereocenters. The van der Waals surface area contributed by atoms with Crippen LogP contribution < -0.4 is 14.5 Å². The van der Waals surface area contributed by atoms with Crippen molar-refractivity contribution in [2.24, 2.45) is 0 Å². The second-order valence-electron chi connectivity index (χ2n) is 7.15. The summed E-state index contributed by atoms with van der Waals surface area (Å²) < 4.78 is 18.9. The number of pyridine rings is 1. The van der Waals surface area contributed by atoms with E-state index in [0.29, 0.717) is 34.1 Å². The summed E-state index contributed by atoms with van der Waals surface area (Å²) in [5.41, 5.74) is 3.72. The number of halogens is 2. The lowest BCUT2D eigenvalue weighted by Crippen LogP contribution is -2.45. The minimum absolute atomic E-state index is 0.162. The van der Waals surface area contributed by atoms with Crippen LogP contribution in [0.15, 0.2) is 42.5 Å². The van der Waals surface area contributed by atoms with Crippen molar-refractivity contribution in [1.29, 1.82) is 5.26 Å². The Hall–Kier alpha value is -3.63. The Bertz CT molecular complexity index is 1260. The van der Waals surface area contributed by atoms with Gasteiger partial charge in [0.15, 0.2) is 0 Å². The van der Waals surface area contributed by atoms with Crippen LogP contribution in [0, 0.1) is 31.0 Å². The first-order valence-corrected chi connectivity index (χ1v) is 9.82. The Kier molecular flexibility index (Phi) is 5.25. The summed E-state index contributed by atoms with van der Waals surface area (Å²) in [4.78, 5) is 21.3. The zero-order valence-corrected chi connectivity index (χ0v) is 17.9. The van der Waals surface area contributed by atoms with E-state index in [1.165, 1.54) is 25.3 Å². The zero-order chi connectivity index (χ0) is 22.3. The maximum Gasteiger partial charge on any atom is 0.261 e. The molecule has 156 valence electrons. The minimum Gasteiger partial charge on any atom is -0.481 e. The van der Waals surface area contributed by atoms with E-state index in [4.69, 9.17) is 16.3 Å². The molecular formula is C23H18ClFN4O2. The van der Waals surface area contributed by atoms with E-state index < -0.39 is 0 Å². The largest absolute Gasteiger partial charge is 0.481 e. The molecule has 0 saturated heterocycles. The lowest BCUT2D eigenvalue weighted by molar-refractivity contribution is 0.0983. The number of carbonyl (C=O) groups excluding carboxylic acids is 1. The van der Waals surface area contributed by atoms with Crippen LogP contribution in [0.2, 0.25) is 5.02 Å². The maximum atomic E-state index is 13.7. The molecule has 0 fully saturated rings. The topological polar surface area (TPSA) is 69.5 Å². The van der Waals surface area contributed by atoms with Crippen molar-refractivity contribution in [3.8, 4) is 11.9 Å². The average molecular weight is 437 g/mol. The van der Waals surface area contributed by atoms with Gasteiger partial charge >= 0.3 is 0 Å². The van der Waals surface area contributed by atoms with Crippen LogP contribution in [0.1, 0.15) is 27.2 Å². The molecule has 31 heavy (non-hydrogen) atoms. The van der Waals surface area contributed by atoms with Crippen LogP contribution >= 0.6 is 11.6 Å². The number of ether oxygens (including phenoxy) is 1. The summed E-state index contributed by atoms with van der Waals surface area (Å²) >= 11 is 6.28. The van der Waals surface area contributed by atoms with Crippen LogP contribution in [0.4, 0.5) is 21.5 Å². The number of amides is 1. The van der Waals surface area contributed by atoms with Gasteiger partial charge in [0.25, 0.3) is 5.91 Å². The standard InChI is InChI=1S/C23H18ClFN4O2/c1-13-8-16(25)4-5-19(13)28-12-29(20-6-7-22(31-3)27-14(20)2)23(30)17-9-15(11-26)18(24)10-21(17)28/h4-10H,12H2,1-3H3. The number of benzene rings is 2. The number of methoxy groups -OCH3 is 1. The van der Waals surface area contributed by atoms with E-state index >= 15 is 0 Å². The van der Waals surface area contributed by atoms with Gasteiger partial charge in [0.1, 0.15) is 18.6 Å². The molecule has 1 amide bonds. The number of fused-ring (bicyclic) bond motifs is 1. The first kappa shape index (κ1) is 20.6. The van der Waals surface area contributed by atoms with Crippen LogP contribution in [0.3, 0.4) is 0 Å². The highest BCUT2D eigenvalue weighted by Gasteiger charge is 2.33. The maximum absolute atomic E-state index is 13.7. The van der Waals surface area contributed by atoms with Gasteiger partial charge in [-0.25, -0.2) is 9.37 Å². The van der Waals surface area contributed by atoms with Crippen molar-refractivity contribution in [3.63, 3.8) is 0 Å². The predicted octanol–water partition coefficient (Wildman–Crippen LogP) is 5.13. The normalized spacial score (nSPS) is 13.1. The van der Waals surface area contributed by atoms with Crippen molar-refractivity contribution in [2.75, 3.05) is 23.6 Å². The predicted molar refractivity (Wildman–Crippen MR) is 117 cm³/mol. The molecule has 4 rings (SSSR count). The molecule has 6 nitrogen and oxygen atoms in total. The van der Waals surface area contributed by atoms with E-state index in [9.17, 15) is 14.4 Å². The van der Waals surface area contributed by atoms with Gasteiger partial charge in [-0.15, -0.1) is 0 Å². The van der Waals surface area contributed by atoms with E-state index in [-0.39, 0.29) is 29.0 Å². The van der Waals surface area contributed by atoms with Gasteiger partial charge in [0, 0.05) is 11.8 Å². The summed E-state index contributed by atoms with van der Waals surface area (Å²) in [5.74, 6) is -0.190. The highest BCUT2D eigenvalue weighted by atomic mass is 35.5. The average Bonchev–Trinajstić information content (AvgIpc) is 2.74. The van der Waals surface area contributed by atoms with Crippen LogP contribution in [-0.2, 0) is 0 Å². The lowest BCUT2D eigenvalue weighted by Gasteiger charge is -2.39. The van der Waals surface area contributed by atoms with Gasteiger partial charge in [-0.05, 0) is 55.8 Å². The number of anilines is 3. The van der Waals surface area contributed by atoms with E-state index in [1.807, 2.05) is 11.0 Å². The third-order valence-corrected chi connectivity index (χ3v) is 5.55. The van der Waals surface area contributed by atoms with Crippen LogP contribution in [-0.4, -0.2) is 24.7 Å². The van der Waals surface area contributed by atoms with Gasteiger partial charge in [-0.2, -0.15) is 5.26 Å². The Balaban J connectivity index is 1.92. The monoisotopic (exact) mass is 436 g/mol. The van der Waals surface area contributed by atoms with Crippen LogP contribution in [0.25, 0.3) is 0 Å². The highest BCUT2D eigenvalue weighted by Crippen LogP contribution is 2.40. The molecule has 0 spiro atoms. The van der Waals surface area contributed by atoms with E-state index in [2.05, 4.69) is 4.98 Å². The zero-order valence-electron chi connectivity index (χ0n) is 17.1. The molecular weight excluding hydrogens is 419 g/mol. The van der Waals surface area contributed by atoms with E-state index in [1.54, 1.807) is 43.0 Å². The summed E-state index contributed by atoms with van der Waals surface area (Å²) in [7, 11) is 1.52. The smallest absolute Gasteiger partial charge is 0.261 e. The van der Waals surface area contributed by atoms with Crippen molar-refractivity contribution < 1.29 is 13.9 Å². The number of rotatable bonds is 3. The Morgan fingerprint density at radius 1 is 1.10 bits per heavy atom. The number of carbonyl (C=O) groups is 1. The Morgan fingerprint density at radius 3 is 2.48 bits per heavy atom. The van der Waals surface area contributed by atoms with Gasteiger partial charge in [0.05, 0.1) is 40.3 Å². The third kappa shape index (κ3) is 3.56. The fourth-order valence-corrected chi connectivity index (χ4v) is 3.91. The second-order valence-corrected chi connectivity index (χ2v) is 7.56. The number of aryl methyl sites for hydroxylation is 2. The molecule has 0 bridgehead atoms.